The Labute approximate surface area is 177 Å². The van der Waals surface area contributed by atoms with Crippen LogP contribution in [0.25, 0.3) is 10.9 Å². The number of piperidine rings is 1. The van der Waals surface area contributed by atoms with Crippen LogP contribution in [-0.2, 0) is 4.79 Å². The van der Waals surface area contributed by atoms with Crippen LogP contribution in [0.5, 0.6) is 0 Å². The van der Waals surface area contributed by atoms with Crippen LogP contribution in [-0.4, -0.2) is 39.4 Å². The average Bonchev–Trinajstić information content (AvgIpc) is 3.08. The molecule has 8 heteroatoms. The zero-order valence-electron chi connectivity index (χ0n) is 16.6. The average molecular weight is 430 g/mol. The summed E-state index contributed by atoms with van der Waals surface area (Å²) in [4.78, 5) is 26.6. The van der Waals surface area contributed by atoms with Gasteiger partial charge >= 0.3 is 5.97 Å². The summed E-state index contributed by atoms with van der Waals surface area (Å²) < 4.78 is 16.1. The topological polar surface area (TPSA) is 75.4 Å². The minimum Gasteiger partial charge on any atom is -0.481 e. The van der Waals surface area contributed by atoms with E-state index in [0.717, 1.165) is 0 Å². The molecule has 1 aliphatic rings. The first kappa shape index (κ1) is 20.3. The summed E-state index contributed by atoms with van der Waals surface area (Å²) in [5.74, 6) is -1.84. The lowest BCUT2D eigenvalue weighted by Gasteiger charge is -2.36. The molecule has 1 aliphatic heterocycles. The lowest BCUT2D eigenvalue weighted by atomic mass is 9.91. The van der Waals surface area contributed by atoms with Crippen molar-refractivity contribution in [2.75, 3.05) is 11.4 Å². The molecule has 1 aromatic heterocycles. The van der Waals surface area contributed by atoms with Gasteiger partial charge in [-0.05, 0) is 50.5 Å². The number of rotatable bonds is 3. The normalized spacial score (nSPS) is 19.3. The van der Waals surface area contributed by atoms with E-state index >= 15 is 0 Å². The van der Waals surface area contributed by atoms with Gasteiger partial charge in [-0.1, -0.05) is 29.8 Å². The molecule has 0 radical (unpaired) electrons. The molecule has 1 saturated heterocycles. The number of benzene rings is 2. The quantitative estimate of drug-likeness (QED) is 0.662. The zero-order valence-corrected chi connectivity index (χ0v) is 17.4. The summed E-state index contributed by atoms with van der Waals surface area (Å²) in [5.41, 5.74) is 1.36. The molecule has 1 fully saturated rings. The highest BCUT2D eigenvalue weighted by Gasteiger charge is 2.33. The first-order valence-corrected chi connectivity index (χ1v) is 10.1. The number of hydrogen-bond acceptors (Lipinski definition) is 4. The second-order valence-electron chi connectivity index (χ2n) is 7.71. The Hall–Kier alpha value is -2.93. The van der Waals surface area contributed by atoms with E-state index in [1.807, 2.05) is 11.8 Å². The van der Waals surface area contributed by atoms with Crippen LogP contribution < -0.4 is 4.90 Å². The highest BCUT2D eigenvalue weighted by Crippen LogP contribution is 2.35. The van der Waals surface area contributed by atoms with Crippen molar-refractivity contribution in [3.05, 3.63) is 58.4 Å². The monoisotopic (exact) mass is 429 g/mol. The number of nitrogens with zero attached hydrogens (tertiary/aromatic N) is 3. The zero-order chi connectivity index (χ0) is 21.6. The fraction of sp³-hybridized carbons (Fsp3) is 0.318. The SMILES string of the molecule is Cc1cccc(Cl)c1C(=O)n1nc(N2CCC(C(=O)O)CC2C)c2c(F)cccc21. The van der Waals surface area contributed by atoms with Gasteiger partial charge < -0.3 is 10.0 Å². The Bertz CT molecular complexity index is 1140. The largest absolute Gasteiger partial charge is 0.481 e. The van der Waals surface area contributed by atoms with Crippen LogP contribution in [0.2, 0.25) is 5.02 Å². The summed E-state index contributed by atoms with van der Waals surface area (Å²) >= 11 is 6.28. The smallest absolute Gasteiger partial charge is 0.306 e. The van der Waals surface area contributed by atoms with Crippen molar-refractivity contribution in [3.63, 3.8) is 0 Å². The highest BCUT2D eigenvalue weighted by molar-refractivity contribution is 6.34. The number of fused-ring (bicyclic) bond motifs is 1. The number of aryl methyl sites for hydroxylation is 1. The fourth-order valence-electron chi connectivity index (χ4n) is 4.18. The van der Waals surface area contributed by atoms with Gasteiger partial charge in [0.05, 0.1) is 27.4 Å². The number of carbonyl (C=O) groups excluding carboxylic acids is 1. The van der Waals surface area contributed by atoms with Gasteiger partial charge in [-0.25, -0.2) is 4.39 Å². The van der Waals surface area contributed by atoms with E-state index in [2.05, 4.69) is 5.10 Å². The van der Waals surface area contributed by atoms with Gasteiger partial charge in [0.1, 0.15) is 5.82 Å². The maximum atomic E-state index is 14.9. The number of anilines is 1. The second kappa shape index (κ2) is 7.72. The van der Waals surface area contributed by atoms with Crippen molar-refractivity contribution >= 4 is 40.2 Å². The van der Waals surface area contributed by atoms with Crippen LogP contribution in [0.15, 0.2) is 36.4 Å². The van der Waals surface area contributed by atoms with Crippen LogP contribution >= 0.6 is 11.6 Å². The number of carboxylic acids is 1. The van der Waals surface area contributed by atoms with Crippen LogP contribution in [0.3, 0.4) is 0 Å². The van der Waals surface area contributed by atoms with E-state index < -0.39 is 23.6 Å². The summed E-state index contributed by atoms with van der Waals surface area (Å²) in [6, 6.07) is 9.52. The third-order valence-corrected chi connectivity index (χ3v) is 6.08. The van der Waals surface area contributed by atoms with Crippen molar-refractivity contribution in [3.8, 4) is 0 Å². The minimum atomic E-state index is -0.826. The van der Waals surface area contributed by atoms with Crippen molar-refractivity contribution in [2.45, 2.75) is 32.7 Å². The Morgan fingerprint density at radius 2 is 1.97 bits per heavy atom. The maximum absolute atomic E-state index is 14.9. The Balaban J connectivity index is 1.84. The van der Waals surface area contributed by atoms with E-state index in [1.165, 1.54) is 16.8 Å². The first-order chi connectivity index (χ1) is 14.3. The van der Waals surface area contributed by atoms with Gasteiger partial charge in [-0.15, -0.1) is 5.10 Å². The van der Waals surface area contributed by atoms with Crippen molar-refractivity contribution in [2.24, 2.45) is 5.92 Å². The number of aromatic nitrogens is 2. The van der Waals surface area contributed by atoms with Crippen LogP contribution in [0.1, 0.15) is 35.7 Å². The van der Waals surface area contributed by atoms with Gasteiger partial charge in [-0.2, -0.15) is 4.68 Å². The molecule has 0 saturated carbocycles. The molecule has 156 valence electrons. The maximum Gasteiger partial charge on any atom is 0.306 e. The van der Waals surface area contributed by atoms with E-state index in [9.17, 15) is 19.1 Å². The van der Waals surface area contributed by atoms with Crippen molar-refractivity contribution < 1.29 is 19.1 Å². The molecule has 6 nitrogen and oxygen atoms in total. The van der Waals surface area contributed by atoms with Crippen LogP contribution in [0.4, 0.5) is 10.2 Å². The van der Waals surface area contributed by atoms with Gasteiger partial charge in [0.2, 0.25) is 0 Å². The molecular formula is C22H21ClFN3O3. The molecule has 2 aromatic carbocycles. The van der Waals surface area contributed by atoms with Crippen molar-refractivity contribution in [1.82, 2.24) is 9.78 Å². The lowest BCUT2D eigenvalue weighted by Crippen LogP contribution is -2.43. The Morgan fingerprint density at radius 3 is 2.63 bits per heavy atom. The van der Waals surface area contributed by atoms with E-state index in [-0.39, 0.29) is 11.4 Å². The summed E-state index contributed by atoms with van der Waals surface area (Å²) in [7, 11) is 0. The number of aliphatic carboxylic acids is 1. The third-order valence-electron chi connectivity index (χ3n) is 5.76. The standard InChI is InChI=1S/C22H21ClFN3O3/c1-12-5-3-6-15(23)18(12)21(28)27-17-8-4-7-16(24)19(17)20(25-27)26-10-9-14(22(29)30)11-13(26)2/h3-8,13-14H,9-11H2,1-2H3,(H,29,30). The van der Waals surface area contributed by atoms with E-state index in [0.29, 0.717) is 46.9 Å². The Morgan fingerprint density at radius 1 is 1.23 bits per heavy atom. The molecule has 0 amide bonds. The third kappa shape index (κ3) is 3.33. The van der Waals surface area contributed by atoms with Gasteiger partial charge in [-0.3, -0.25) is 9.59 Å². The summed E-state index contributed by atoms with van der Waals surface area (Å²) in [5, 5.41) is 14.4. The minimum absolute atomic E-state index is 0.164. The summed E-state index contributed by atoms with van der Waals surface area (Å²) in [6.07, 6.45) is 0.857. The fourth-order valence-corrected chi connectivity index (χ4v) is 4.49. The molecule has 1 N–H and O–H groups in total. The second-order valence-corrected chi connectivity index (χ2v) is 8.12. The number of carbonyl (C=O) groups is 2. The van der Waals surface area contributed by atoms with Crippen molar-refractivity contribution in [1.29, 1.82) is 0 Å². The predicted molar refractivity (Wildman–Crippen MR) is 113 cm³/mol. The molecule has 2 atom stereocenters. The van der Waals surface area contributed by atoms with E-state index in [4.69, 9.17) is 11.6 Å². The van der Waals surface area contributed by atoms with E-state index in [1.54, 1.807) is 31.2 Å². The molecule has 4 rings (SSSR count). The number of hydrogen-bond donors (Lipinski definition) is 1. The predicted octanol–water partition coefficient (Wildman–Crippen LogP) is 4.52. The molecule has 3 aromatic rings. The van der Waals surface area contributed by atoms with Gasteiger partial charge in [0.15, 0.2) is 5.82 Å². The first-order valence-electron chi connectivity index (χ1n) is 9.76. The molecule has 2 unspecified atom stereocenters. The molecule has 0 bridgehead atoms. The van der Waals surface area contributed by atoms with Crippen LogP contribution in [0, 0.1) is 18.7 Å². The van der Waals surface area contributed by atoms with Gasteiger partial charge in [0.25, 0.3) is 5.91 Å². The summed E-state index contributed by atoms with van der Waals surface area (Å²) in [6.45, 7) is 4.09. The number of carboxylic acid groups (broad SMARTS) is 1. The Kier molecular flexibility index (Phi) is 5.24. The number of halogens is 2. The van der Waals surface area contributed by atoms with Gasteiger partial charge in [0, 0.05) is 12.6 Å². The molecular weight excluding hydrogens is 409 g/mol. The molecule has 0 aliphatic carbocycles. The molecule has 0 spiro atoms. The lowest BCUT2D eigenvalue weighted by molar-refractivity contribution is -0.142. The highest BCUT2D eigenvalue weighted by atomic mass is 35.5. The molecule has 2 heterocycles. The molecule has 30 heavy (non-hydrogen) atoms.